The van der Waals surface area contributed by atoms with E-state index in [1.165, 1.54) is 27.0 Å². The number of carbonyl (C=O) groups excluding carboxylic acids is 2. The summed E-state index contributed by atoms with van der Waals surface area (Å²) in [5.41, 5.74) is 1.49. The van der Waals surface area contributed by atoms with Gasteiger partial charge < -0.3 is 10.2 Å². The first kappa shape index (κ1) is 24.6. The lowest BCUT2D eigenvalue weighted by atomic mass is 10.1. The second kappa shape index (κ2) is 10.7. The van der Waals surface area contributed by atoms with Gasteiger partial charge in [0.2, 0.25) is 21.8 Å². The number of carbonyl (C=O) groups is 2. The fourth-order valence-electron chi connectivity index (χ4n) is 3.43. The molecule has 0 unspecified atom stereocenters. The number of anilines is 1. The van der Waals surface area contributed by atoms with Crippen molar-refractivity contribution in [2.24, 2.45) is 0 Å². The van der Waals surface area contributed by atoms with Crippen molar-refractivity contribution < 1.29 is 18.0 Å². The molecule has 172 valence electrons. The van der Waals surface area contributed by atoms with Gasteiger partial charge in [0, 0.05) is 29.6 Å². The van der Waals surface area contributed by atoms with Crippen LogP contribution in [0, 0.1) is 0 Å². The maximum Gasteiger partial charge on any atom is 0.243 e. The SMILES string of the molecule is CCN(CC)S(=O)(=O)c1ccc2c(c1)N(CC(=O)NCCc1ccc(Cl)cc1)C(=O)CS2. The Bertz CT molecular complexity index is 1090. The predicted molar refractivity (Wildman–Crippen MR) is 128 cm³/mol. The fourth-order valence-corrected chi connectivity index (χ4v) is 5.95. The minimum atomic E-state index is -3.68. The zero-order valence-electron chi connectivity index (χ0n) is 18.0. The first-order valence-corrected chi connectivity index (χ1v) is 13.1. The molecule has 1 heterocycles. The Hall–Kier alpha value is -2.07. The van der Waals surface area contributed by atoms with Crippen LogP contribution in [0.15, 0.2) is 52.3 Å². The fraction of sp³-hybridized carbons (Fsp3) is 0.364. The monoisotopic (exact) mass is 495 g/mol. The third-order valence-electron chi connectivity index (χ3n) is 5.17. The first-order valence-electron chi connectivity index (χ1n) is 10.3. The zero-order chi connectivity index (χ0) is 23.3. The second-order valence-corrected chi connectivity index (χ2v) is 10.6. The highest BCUT2D eigenvalue weighted by molar-refractivity contribution is 8.00. The van der Waals surface area contributed by atoms with Gasteiger partial charge in [0.15, 0.2) is 0 Å². The van der Waals surface area contributed by atoms with Crippen molar-refractivity contribution >= 4 is 50.9 Å². The van der Waals surface area contributed by atoms with Crippen LogP contribution in [0.25, 0.3) is 0 Å². The van der Waals surface area contributed by atoms with Gasteiger partial charge >= 0.3 is 0 Å². The smallest absolute Gasteiger partial charge is 0.243 e. The van der Waals surface area contributed by atoms with Gasteiger partial charge in [0.25, 0.3) is 0 Å². The van der Waals surface area contributed by atoms with Gasteiger partial charge in [-0.3, -0.25) is 9.59 Å². The molecule has 0 spiro atoms. The molecule has 0 saturated heterocycles. The topological polar surface area (TPSA) is 86.8 Å². The maximum absolute atomic E-state index is 12.9. The summed E-state index contributed by atoms with van der Waals surface area (Å²) < 4.78 is 27.2. The minimum absolute atomic E-state index is 0.114. The van der Waals surface area contributed by atoms with Crippen LogP contribution in [0.2, 0.25) is 5.02 Å². The Balaban J connectivity index is 1.73. The van der Waals surface area contributed by atoms with Gasteiger partial charge in [0.1, 0.15) is 6.54 Å². The Morgan fingerprint density at radius 1 is 1.16 bits per heavy atom. The summed E-state index contributed by atoms with van der Waals surface area (Å²) in [6.07, 6.45) is 0.634. The van der Waals surface area contributed by atoms with Gasteiger partial charge in [-0.1, -0.05) is 37.6 Å². The van der Waals surface area contributed by atoms with E-state index in [2.05, 4.69) is 5.32 Å². The number of thioether (sulfide) groups is 1. The molecule has 32 heavy (non-hydrogen) atoms. The maximum atomic E-state index is 12.9. The third-order valence-corrected chi connectivity index (χ3v) is 8.51. The lowest BCUT2D eigenvalue weighted by Gasteiger charge is -2.29. The van der Waals surface area contributed by atoms with E-state index in [9.17, 15) is 18.0 Å². The van der Waals surface area contributed by atoms with E-state index in [4.69, 9.17) is 11.6 Å². The van der Waals surface area contributed by atoms with Crippen LogP contribution in [0.1, 0.15) is 19.4 Å². The van der Waals surface area contributed by atoms with E-state index in [1.54, 1.807) is 38.1 Å². The number of benzene rings is 2. The molecule has 2 aromatic rings. The molecule has 0 atom stereocenters. The van der Waals surface area contributed by atoms with Crippen LogP contribution in [0.5, 0.6) is 0 Å². The molecule has 0 aromatic heterocycles. The van der Waals surface area contributed by atoms with Gasteiger partial charge in [-0.2, -0.15) is 4.31 Å². The van der Waals surface area contributed by atoms with Crippen LogP contribution in [-0.4, -0.2) is 56.5 Å². The molecule has 2 amide bonds. The van der Waals surface area contributed by atoms with E-state index in [0.717, 1.165) is 10.5 Å². The highest BCUT2D eigenvalue weighted by atomic mass is 35.5. The quantitative estimate of drug-likeness (QED) is 0.577. The molecule has 10 heteroatoms. The molecule has 3 rings (SSSR count). The number of fused-ring (bicyclic) bond motifs is 1. The summed E-state index contributed by atoms with van der Waals surface area (Å²) in [6.45, 7) is 4.51. The summed E-state index contributed by atoms with van der Waals surface area (Å²) in [5, 5.41) is 3.48. The summed E-state index contributed by atoms with van der Waals surface area (Å²) in [5.74, 6) is -0.331. The third kappa shape index (κ3) is 5.64. The average molecular weight is 496 g/mol. The predicted octanol–water partition coefficient (Wildman–Crippen LogP) is 3.17. The number of hydrogen-bond acceptors (Lipinski definition) is 5. The molecular formula is C22H26ClN3O4S2. The van der Waals surface area contributed by atoms with E-state index in [-0.39, 0.29) is 29.0 Å². The summed E-state index contributed by atoms with van der Waals surface area (Å²) in [4.78, 5) is 27.4. The van der Waals surface area contributed by atoms with Crippen molar-refractivity contribution in [1.29, 1.82) is 0 Å². The summed E-state index contributed by atoms with van der Waals surface area (Å²) >= 11 is 7.22. The van der Waals surface area contributed by atoms with Crippen molar-refractivity contribution in [3.05, 3.63) is 53.1 Å². The van der Waals surface area contributed by atoms with Crippen LogP contribution in [0.3, 0.4) is 0 Å². The number of rotatable bonds is 9. The molecule has 1 N–H and O–H groups in total. The molecular weight excluding hydrogens is 470 g/mol. The molecule has 7 nitrogen and oxygen atoms in total. The van der Waals surface area contributed by atoms with Gasteiger partial charge in [-0.05, 0) is 42.3 Å². The highest BCUT2D eigenvalue weighted by Crippen LogP contribution is 2.37. The molecule has 0 aliphatic carbocycles. The van der Waals surface area contributed by atoms with Crippen LogP contribution >= 0.6 is 23.4 Å². The number of sulfonamides is 1. The Kier molecular flexibility index (Phi) is 8.21. The van der Waals surface area contributed by atoms with E-state index < -0.39 is 10.0 Å². The molecule has 1 aliphatic rings. The lowest BCUT2D eigenvalue weighted by Crippen LogP contribution is -2.43. The summed E-state index contributed by atoms with van der Waals surface area (Å²) in [7, 11) is -3.68. The van der Waals surface area contributed by atoms with Crippen molar-refractivity contribution in [1.82, 2.24) is 9.62 Å². The zero-order valence-corrected chi connectivity index (χ0v) is 20.4. The van der Waals surface area contributed by atoms with E-state index in [0.29, 0.717) is 36.8 Å². The number of nitrogens with one attached hydrogen (secondary N) is 1. The van der Waals surface area contributed by atoms with Crippen molar-refractivity contribution in [3.63, 3.8) is 0 Å². The van der Waals surface area contributed by atoms with E-state index >= 15 is 0 Å². The molecule has 2 aromatic carbocycles. The number of nitrogens with zero attached hydrogens (tertiary/aromatic N) is 2. The number of halogens is 1. The molecule has 0 bridgehead atoms. The molecule has 0 saturated carbocycles. The van der Waals surface area contributed by atoms with Crippen LogP contribution in [-0.2, 0) is 26.0 Å². The minimum Gasteiger partial charge on any atom is -0.354 e. The summed E-state index contributed by atoms with van der Waals surface area (Å²) in [6, 6.07) is 12.1. The first-order chi connectivity index (χ1) is 15.3. The van der Waals surface area contributed by atoms with Crippen molar-refractivity contribution in [3.8, 4) is 0 Å². The van der Waals surface area contributed by atoms with Gasteiger partial charge in [-0.25, -0.2) is 8.42 Å². The van der Waals surface area contributed by atoms with Crippen LogP contribution < -0.4 is 10.2 Å². The molecule has 0 fully saturated rings. The number of amides is 2. The molecule has 1 aliphatic heterocycles. The number of hydrogen-bond donors (Lipinski definition) is 1. The highest BCUT2D eigenvalue weighted by Gasteiger charge is 2.29. The largest absolute Gasteiger partial charge is 0.354 e. The van der Waals surface area contributed by atoms with Crippen LogP contribution in [0.4, 0.5) is 5.69 Å². The van der Waals surface area contributed by atoms with Gasteiger partial charge in [0.05, 0.1) is 16.3 Å². The normalized spacial score (nSPS) is 13.9. The average Bonchev–Trinajstić information content (AvgIpc) is 2.77. The van der Waals surface area contributed by atoms with E-state index in [1.807, 2.05) is 12.1 Å². The Labute approximate surface area is 198 Å². The lowest BCUT2D eigenvalue weighted by molar-refractivity contribution is -0.122. The second-order valence-electron chi connectivity index (χ2n) is 7.21. The molecule has 0 radical (unpaired) electrons. The van der Waals surface area contributed by atoms with Crippen molar-refractivity contribution in [2.45, 2.75) is 30.1 Å². The van der Waals surface area contributed by atoms with Crippen molar-refractivity contribution in [2.75, 3.05) is 36.8 Å². The standard InChI is InChI=1S/C22H26ClN3O4S2/c1-3-25(4-2)32(29,30)18-9-10-20-19(13-18)26(22(28)15-31-20)14-21(27)24-12-11-16-5-7-17(23)8-6-16/h5-10,13H,3-4,11-12,14-15H2,1-2H3,(H,24,27). The Morgan fingerprint density at radius 3 is 2.50 bits per heavy atom. The van der Waals surface area contributed by atoms with Gasteiger partial charge in [-0.15, -0.1) is 11.8 Å². The Morgan fingerprint density at radius 2 is 1.84 bits per heavy atom.